The predicted molar refractivity (Wildman–Crippen MR) is 60.3 cm³/mol. The first-order chi connectivity index (χ1) is 5.37. The van der Waals surface area contributed by atoms with Gasteiger partial charge in [0.15, 0.2) is 10.2 Å². The van der Waals surface area contributed by atoms with E-state index in [1.165, 1.54) is 0 Å². The van der Waals surface area contributed by atoms with E-state index >= 15 is 0 Å². The van der Waals surface area contributed by atoms with Gasteiger partial charge in [-0.3, -0.25) is 4.90 Å². The molecule has 0 rings (SSSR count). The minimum Gasteiger partial charge on any atom is -0.355 e. The fraction of sp³-hybridized carbons (Fsp3) is 0.714. The van der Waals surface area contributed by atoms with E-state index in [1.54, 1.807) is 4.90 Å². The third-order valence-corrected chi connectivity index (χ3v) is 2.62. The quantitative estimate of drug-likeness (QED) is 0.535. The van der Waals surface area contributed by atoms with Gasteiger partial charge in [-0.05, 0) is 24.4 Å². The van der Waals surface area contributed by atoms with E-state index in [0.29, 0.717) is 10.2 Å². The van der Waals surface area contributed by atoms with Crippen LogP contribution in [0.1, 0.15) is 0 Å². The van der Waals surface area contributed by atoms with Crippen LogP contribution in [0.2, 0.25) is 0 Å². The second-order valence-electron chi connectivity index (χ2n) is 2.91. The Kier molecular flexibility index (Phi) is 4.41. The molecule has 0 radical (unpaired) electrons. The highest BCUT2D eigenvalue weighted by molar-refractivity contribution is 7.81. The Morgan fingerprint density at radius 3 is 1.17 bits per heavy atom. The zero-order valence-corrected chi connectivity index (χ0v) is 9.79. The summed E-state index contributed by atoms with van der Waals surface area (Å²) in [5.74, 6) is 0. The molecule has 0 aliphatic rings. The van der Waals surface area contributed by atoms with E-state index in [-0.39, 0.29) is 0 Å². The van der Waals surface area contributed by atoms with Crippen LogP contribution < -0.4 is 0 Å². The Morgan fingerprint density at radius 1 is 0.750 bits per heavy atom. The Morgan fingerprint density at radius 2 is 1.00 bits per heavy atom. The summed E-state index contributed by atoms with van der Waals surface area (Å²) in [6.45, 7) is 0. The Labute approximate surface area is 84.9 Å². The van der Waals surface area contributed by atoms with Gasteiger partial charge in [0.25, 0.3) is 0 Å². The van der Waals surface area contributed by atoms with Crippen LogP contribution >= 0.6 is 24.4 Å². The molecule has 5 heteroatoms. The van der Waals surface area contributed by atoms with Gasteiger partial charge < -0.3 is 9.80 Å². The zero-order valence-electron chi connectivity index (χ0n) is 8.16. The molecule has 0 aromatic heterocycles. The van der Waals surface area contributed by atoms with Crippen LogP contribution in [0.25, 0.3) is 0 Å². The van der Waals surface area contributed by atoms with Gasteiger partial charge in [-0.15, -0.1) is 0 Å². The molecule has 0 aromatic carbocycles. The number of thiocarbonyl (C=S) groups is 2. The molecule has 0 bridgehead atoms. The van der Waals surface area contributed by atoms with Crippen molar-refractivity contribution in [2.24, 2.45) is 0 Å². The van der Waals surface area contributed by atoms with Gasteiger partial charge in [-0.25, -0.2) is 0 Å². The first kappa shape index (κ1) is 11.6. The maximum atomic E-state index is 5.13. The van der Waals surface area contributed by atoms with Crippen molar-refractivity contribution in [2.75, 3.05) is 35.2 Å². The van der Waals surface area contributed by atoms with Crippen LogP contribution in [0.3, 0.4) is 0 Å². The summed E-state index contributed by atoms with van der Waals surface area (Å²) in [6, 6.07) is 0. The van der Waals surface area contributed by atoms with Crippen LogP contribution in [0.5, 0.6) is 0 Å². The second kappa shape index (κ2) is 4.57. The summed E-state index contributed by atoms with van der Waals surface area (Å²) in [5.41, 5.74) is 0. The van der Waals surface area contributed by atoms with Crippen molar-refractivity contribution in [3.63, 3.8) is 0 Å². The van der Waals surface area contributed by atoms with Crippen molar-refractivity contribution >= 4 is 34.7 Å². The van der Waals surface area contributed by atoms with Gasteiger partial charge >= 0.3 is 0 Å². The maximum Gasteiger partial charge on any atom is 0.177 e. The Hall–Kier alpha value is -0.420. The molecule has 12 heavy (non-hydrogen) atoms. The molecule has 0 saturated carbocycles. The summed E-state index contributed by atoms with van der Waals surface area (Å²) in [4.78, 5) is 5.50. The Balaban J connectivity index is 4.30. The molecule has 3 nitrogen and oxygen atoms in total. The molecule has 0 fully saturated rings. The minimum atomic E-state index is 0.716. The summed E-state index contributed by atoms with van der Waals surface area (Å²) in [5, 5.41) is 1.43. The van der Waals surface area contributed by atoms with Gasteiger partial charge in [0.1, 0.15) is 0 Å². The first-order valence-corrected chi connectivity index (χ1v) is 4.36. The lowest BCUT2D eigenvalue weighted by Gasteiger charge is -2.28. The highest BCUT2D eigenvalue weighted by Gasteiger charge is 2.11. The fourth-order valence-electron chi connectivity index (χ4n) is 0.682. The molecular formula is C7H15N3S2. The van der Waals surface area contributed by atoms with E-state index in [4.69, 9.17) is 24.4 Å². The molecule has 0 saturated heterocycles. The highest BCUT2D eigenvalue weighted by atomic mass is 32.1. The number of rotatable bonds is 0. The lowest BCUT2D eigenvalue weighted by atomic mass is 10.7. The highest BCUT2D eigenvalue weighted by Crippen LogP contribution is 1.96. The van der Waals surface area contributed by atoms with Crippen molar-refractivity contribution in [1.82, 2.24) is 14.7 Å². The standard InChI is InChI=1S/C7H15N3S2/c1-8(2)6(11)10(5)7(12)9(3)4/h1-5H3. The smallest absolute Gasteiger partial charge is 0.177 e. The average molecular weight is 205 g/mol. The lowest BCUT2D eigenvalue weighted by molar-refractivity contribution is 0.500. The third-order valence-electron chi connectivity index (χ3n) is 1.34. The number of nitrogens with zero attached hydrogens (tertiary/aromatic N) is 3. The van der Waals surface area contributed by atoms with E-state index < -0.39 is 0 Å². The molecule has 0 heterocycles. The van der Waals surface area contributed by atoms with E-state index in [2.05, 4.69) is 0 Å². The van der Waals surface area contributed by atoms with Gasteiger partial charge in [0, 0.05) is 35.2 Å². The molecule has 0 atom stereocenters. The Bertz CT molecular complexity index is 169. The molecule has 0 amide bonds. The van der Waals surface area contributed by atoms with E-state index in [0.717, 1.165) is 0 Å². The van der Waals surface area contributed by atoms with E-state index in [9.17, 15) is 0 Å². The van der Waals surface area contributed by atoms with Crippen molar-refractivity contribution in [3.8, 4) is 0 Å². The van der Waals surface area contributed by atoms with Gasteiger partial charge in [-0.2, -0.15) is 0 Å². The van der Waals surface area contributed by atoms with Gasteiger partial charge in [-0.1, -0.05) is 0 Å². The second-order valence-corrected chi connectivity index (χ2v) is 3.64. The normalized spacial score (nSPS) is 9.08. The number of hydrogen-bond acceptors (Lipinski definition) is 2. The lowest BCUT2D eigenvalue weighted by Crippen LogP contribution is -2.44. The monoisotopic (exact) mass is 205 g/mol. The van der Waals surface area contributed by atoms with Crippen LogP contribution in [-0.2, 0) is 0 Å². The fourth-order valence-corrected chi connectivity index (χ4v) is 0.913. The zero-order chi connectivity index (χ0) is 9.89. The third kappa shape index (κ3) is 2.91. The molecule has 0 unspecified atom stereocenters. The molecule has 0 spiro atoms. The number of hydrogen-bond donors (Lipinski definition) is 0. The van der Waals surface area contributed by atoms with Crippen molar-refractivity contribution in [1.29, 1.82) is 0 Å². The maximum absolute atomic E-state index is 5.13. The average Bonchev–Trinajstić information content (AvgIpc) is 2.00. The summed E-state index contributed by atoms with van der Waals surface area (Å²) in [7, 11) is 9.47. The largest absolute Gasteiger partial charge is 0.355 e. The molecule has 70 valence electrons. The van der Waals surface area contributed by atoms with Crippen molar-refractivity contribution in [3.05, 3.63) is 0 Å². The van der Waals surface area contributed by atoms with Crippen LogP contribution in [0.4, 0.5) is 0 Å². The van der Waals surface area contributed by atoms with Crippen molar-refractivity contribution < 1.29 is 0 Å². The molecular weight excluding hydrogens is 190 g/mol. The minimum absolute atomic E-state index is 0.716. The molecule has 0 N–H and O–H groups in total. The van der Waals surface area contributed by atoms with Crippen LogP contribution in [0.15, 0.2) is 0 Å². The van der Waals surface area contributed by atoms with Crippen LogP contribution in [-0.4, -0.2) is 60.2 Å². The van der Waals surface area contributed by atoms with Crippen molar-refractivity contribution in [2.45, 2.75) is 0 Å². The molecule has 0 aliphatic carbocycles. The SMILES string of the molecule is CN(C)C(=S)N(C)C(=S)N(C)C. The summed E-state index contributed by atoms with van der Waals surface area (Å²) >= 11 is 10.3. The first-order valence-electron chi connectivity index (χ1n) is 3.54. The summed E-state index contributed by atoms with van der Waals surface area (Å²) in [6.07, 6.45) is 0. The summed E-state index contributed by atoms with van der Waals surface area (Å²) < 4.78 is 0. The van der Waals surface area contributed by atoms with E-state index in [1.807, 2.05) is 45.0 Å². The van der Waals surface area contributed by atoms with Gasteiger partial charge in [0.2, 0.25) is 0 Å². The predicted octanol–water partition coefficient (Wildman–Crippen LogP) is 0.611. The molecule has 0 aromatic rings. The van der Waals surface area contributed by atoms with Gasteiger partial charge in [0.05, 0.1) is 0 Å². The topological polar surface area (TPSA) is 9.72 Å². The molecule has 0 aliphatic heterocycles. The van der Waals surface area contributed by atoms with Crippen LogP contribution in [0, 0.1) is 0 Å².